The Morgan fingerprint density at radius 3 is 2.54 bits per heavy atom. The zero-order valence-electron chi connectivity index (χ0n) is 19.1. The predicted molar refractivity (Wildman–Crippen MR) is 138 cm³/mol. The highest BCUT2D eigenvalue weighted by Gasteiger charge is 2.23. The Morgan fingerprint density at radius 2 is 1.86 bits per heavy atom. The number of carbonyl (C=O) groups excluding carboxylic acids is 1. The summed E-state index contributed by atoms with van der Waals surface area (Å²) < 4.78 is 0. The van der Waals surface area contributed by atoms with E-state index in [4.69, 9.17) is 0 Å². The fourth-order valence-corrected chi connectivity index (χ4v) is 4.91. The number of aromatic nitrogens is 2. The van der Waals surface area contributed by atoms with Gasteiger partial charge in [-0.3, -0.25) is 14.9 Å². The number of amides is 1. The van der Waals surface area contributed by atoms with Gasteiger partial charge in [0.05, 0.1) is 21.7 Å². The molecule has 1 saturated heterocycles. The summed E-state index contributed by atoms with van der Waals surface area (Å²) in [7, 11) is 0. The molecule has 0 bridgehead atoms. The number of nitrogens with zero attached hydrogens (tertiary/aromatic N) is 4. The van der Waals surface area contributed by atoms with Gasteiger partial charge in [0.1, 0.15) is 5.03 Å². The Bertz CT molecular complexity index is 1290. The fraction of sp³-hybridized carbons (Fsp3) is 0.240. The first-order valence-corrected chi connectivity index (χ1v) is 12.2. The largest absolute Gasteiger partial charge is 0.372 e. The number of hydrogen-bond acceptors (Lipinski definition) is 8. The van der Waals surface area contributed by atoms with Gasteiger partial charge in [0, 0.05) is 36.6 Å². The molecule has 1 fully saturated rings. The Balaban J connectivity index is 1.29. The van der Waals surface area contributed by atoms with Gasteiger partial charge in [-0.1, -0.05) is 18.7 Å². The van der Waals surface area contributed by atoms with Crippen LogP contribution in [0.2, 0.25) is 0 Å². The summed E-state index contributed by atoms with van der Waals surface area (Å²) >= 11 is 1.23. The molecular formula is C25H24N6O3S. The van der Waals surface area contributed by atoms with Gasteiger partial charge in [0.2, 0.25) is 5.95 Å². The number of carbonyl (C=O) groups is 1. The number of benzene rings is 2. The first-order chi connectivity index (χ1) is 16.9. The fourth-order valence-electron chi connectivity index (χ4n) is 4.01. The molecule has 35 heavy (non-hydrogen) atoms. The second-order valence-electron chi connectivity index (χ2n) is 8.67. The first-order valence-electron chi connectivity index (χ1n) is 11.4. The summed E-state index contributed by atoms with van der Waals surface area (Å²) in [5.74, 6) is 0.954. The van der Waals surface area contributed by atoms with Gasteiger partial charge in [-0.15, -0.1) is 0 Å². The molecule has 3 heterocycles. The molecule has 1 amide bonds. The van der Waals surface area contributed by atoms with Crippen molar-refractivity contribution in [1.29, 1.82) is 0 Å². The molecule has 0 spiro atoms. The van der Waals surface area contributed by atoms with Gasteiger partial charge in [-0.05, 0) is 66.8 Å². The Hall–Kier alpha value is -3.92. The third-order valence-electron chi connectivity index (χ3n) is 6.11. The molecule has 1 aromatic heterocycles. The normalized spacial score (nSPS) is 17.1. The van der Waals surface area contributed by atoms with Crippen molar-refractivity contribution >= 4 is 52.4 Å². The number of hydrogen-bond donors (Lipinski definition) is 2. The minimum Gasteiger partial charge on any atom is -0.372 e. The molecule has 0 unspecified atom stereocenters. The minimum absolute atomic E-state index is 0.000242. The monoisotopic (exact) mass is 488 g/mol. The van der Waals surface area contributed by atoms with Crippen molar-refractivity contribution in [1.82, 2.24) is 9.97 Å². The van der Waals surface area contributed by atoms with Crippen molar-refractivity contribution in [3.8, 4) is 0 Å². The lowest BCUT2D eigenvalue weighted by Crippen LogP contribution is -2.32. The van der Waals surface area contributed by atoms with Crippen LogP contribution in [0, 0.1) is 16.0 Å². The number of nitrogens with one attached hydrogen (secondary N) is 2. The Morgan fingerprint density at radius 1 is 1.14 bits per heavy atom. The quantitative estimate of drug-likeness (QED) is 0.211. The lowest BCUT2D eigenvalue weighted by Gasteiger charge is -2.32. The van der Waals surface area contributed by atoms with Gasteiger partial charge in [0.15, 0.2) is 0 Å². The molecule has 3 aromatic rings. The second kappa shape index (κ2) is 9.75. The van der Waals surface area contributed by atoms with Crippen LogP contribution in [0.1, 0.15) is 25.3 Å². The molecule has 0 atom stereocenters. The lowest BCUT2D eigenvalue weighted by molar-refractivity contribution is -0.384. The molecule has 0 radical (unpaired) electrons. The van der Waals surface area contributed by atoms with E-state index in [0.717, 1.165) is 24.7 Å². The van der Waals surface area contributed by atoms with E-state index in [9.17, 15) is 14.9 Å². The zero-order chi connectivity index (χ0) is 24.4. The van der Waals surface area contributed by atoms with Crippen LogP contribution in [0.5, 0.6) is 0 Å². The number of non-ortho nitro benzene ring substituents is 1. The van der Waals surface area contributed by atoms with E-state index in [2.05, 4.69) is 44.6 Å². The maximum Gasteiger partial charge on any atom is 0.269 e. The molecule has 5 rings (SSSR count). The van der Waals surface area contributed by atoms with Gasteiger partial charge in [-0.25, -0.2) is 9.97 Å². The highest BCUT2D eigenvalue weighted by Crippen LogP contribution is 2.38. The molecule has 2 N–H and O–H groups in total. The van der Waals surface area contributed by atoms with Crippen LogP contribution >= 0.6 is 11.8 Å². The molecule has 2 aliphatic rings. The van der Waals surface area contributed by atoms with Crippen LogP contribution in [0.25, 0.3) is 6.08 Å². The average Bonchev–Trinajstić information content (AvgIpc) is 2.86. The van der Waals surface area contributed by atoms with Crippen LogP contribution in [-0.4, -0.2) is 33.9 Å². The first kappa shape index (κ1) is 22.9. The van der Waals surface area contributed by atoms with Gasteiger partial charge >= 0.3 is 0 Å². The number of piperidine rings is 1. The molecule has 0 aliphatic carbocycles. The third-order valence-corrected chi connectivity index (χ3v) is 7.13. The van der Waals surface area contributed by atoms with Crippen molar-refractivity contribution in [3.05, 3.63) is 75.3 Å². The SMILES string of the molecule is CC1CCN(c2ccc(Nc3ncc4c(n3)S/C(=C/c3ccc([N+](=O)[O-])cc3)C(=O)N4)cc2)CC1. The second-order valence-corrected chi connectivity index (χ2v) is 9.70. The van der Waals surface area contributed by atoms with E-state index in [-0.39, 0.29) is 11.6 Å². The molecule has 2 aliphatic heterocycles. The zero-order valence-corrected chi connectivity index (χ0v) is 19.9. The molecule has 10 heteroatoms. The Kier molecular flexibility index (Phi) is 6.37. The summed E-state index contributed by atoms with van der Waals surface area (Å²) in [6.07, 6.45) is 5.71. The molecule has 2 aromatic carbocycles. The van der Waals surface area contributed by atoms with E-state index in [1.54, 1.807) is 24.4 Å². The highest BCUT2D eigenvalue weighted by atomic mass is 32.2. The topological polar surface area (TPSA) is 113 Å². The number of nitro groups is 1. The van der Waals surface area contributed by atoms with Crippen LogP contribution < -0.4 is 15.5 Å². The summed E-state index contributed by atoms with van der Waals surface area (Å²) in [5, 5.41) is 17.5. The van der Waals surface area contributed by atoms with Crippen molar-refractivity contribution in [2.45, 2.75) is 24.8 Å². The highest BCUT2D eigenvalue weighted by molar-refractivity contribution is 8.04. The van der Waals surface area contributed by atoms with Crippen LogP contribution in [0.3, 0.4) is 0 Å². The van der Waals surface area contributed by atoms with Crippen LogP contribution in [0.4, 0.5) is 28.7 Å². The standard InChI is InChI=1S/C25H24N6O3S/c1-16-10-12-30(13-11-16)19-8-4-18(5-9-19)27-25-26-15-21-24(29-25)35-22(23(32)28-21)14-17-2-6-20(7-3-17)31(33)34/h2-9,14-16H,10-13H2,1H3,(H,28,32)(H,26,27,29)/b22-14+. The van der Waals surface area contributed by atoms with E-state index in [1.165, 1.54) is 42.4 Å². The number of fused-ring (bicyclic) bond motifs is 1. The van der Waals surface area contributed by atoms with E-state index in [1.807, 2.05) is 12.1 Å². The van der Waals surface area contributed by atoms with Gasteiger partial charge in [-0.2, -0.15) is 0 Å². The van der Waals surface area contributed by atoms with E-state index < -0.39 is 4.92 Å². The summed E-state index contributed by atoms with van der Waals surface area (Å²) in [5.41, 5.74) is 3.33. The van der Waals surface area contributed by atoms with E-state index >= 15 is 0 Å². The average molecular weight is 489 g/mol. The van der Waals surface area contributed by atoms with Gasteiger partial charge < -0.3 is 15.5 Å². The van der Waals surface area contributed by atoms with Crippen molar-refractivity contribution < 1.29 is 9.72 Å². The Labute approximate surface area is 206 Å². The van der Waals surface area contributed by atoms with Crippen molar-refractivity contribution in [2.24, 2.45) is 5.92 Å². The summed E-state index contributed by atoms with van der Waals surface area (Å²) in [4.78, 5) is 34.7. The van der Waals surface area contributed by atoms with Crippen LogP contribution in [-0.2, 0) is 4.79 Å². The number of nitro benzene ring substituents is 1. The maximum atomic E-state index is 12.5. The smallest absolute Gasteiger partial charge is 0.269 e. The third kappa shape index (κ3) is 5.27. The number of anilines is 4. The summed E-state index contributed by atoms with van der Waals surface area (Å²) in [6.45, 7) is 4.47. The maximum absolute atomic E-state index is 12.5. The van der Waals surface area contributed by atoms with Crippen molar-refractivity contribution in [3.63, 3.8) is 0 Å². The molecule has 9 nitrogen and oxygen atoms in total. The summed E-state index contributed by atoms with van der Waals surface area (Å²) in [6, 6.07) is 14.3. The predicted octanol–water partition coefficient (Wildman–Crippen LogP) is 5.45. The number of thioether (sulfide) groups is 1. The minimum atomic E-state index is -0.456. The molecule has 178 valence electrons. The van der Waals surface area contributed by atoms with Crippen molar-refractivity contribution in [2.75, 3.05) is 28.6 Å². The number of rotatable bonds is 5. The van der Waals surface area contributed by atoms with Gasteiger partial charge in [0.25, 0.3) is 11.6 Å². The van der Waals surface area contributed by atoms with E-state index in [0.29, 0.717) is 27.1 Å². The molecular weight excluding hydrogens is 464 g/mol. The van der Waals surface area contributed by atoms with Crippen LogP contribution in [0.15, 0.2) is 64.7 Å². The lowest BCUT2D eigenvalue weighted by atomic mass is 9.99. The molecule has 0 saturated carbocycles.